The second-order valence-electron chi connectivity index (χ2n) is 8.15. The highest BCUT2D eigenvalue weighted by atomic mass is 35.5. The summed E-state index contributed by atoms with van der Waals surface area (Å²) in [6.45, 7) is 0.815. The van der Waals surface area contributed by atoms with E-state index in [0.717, 1.165) is 36.2 Å². The minimum Gasteiger partial charge on any atom is -0.481 e. The SMILES string of the molecule is O=C(O)CCOCC1CC2CCC1N2c1cc(-n2ccnc2)c2ccc(Cl)c(Cl)c2n1. The zero-order valence-corrected chi connectivity index (χ0v) is 18.3. The van der Waals surface area contributed by atoms with Gasteiger partial charge >= 0.3 is 5.97 Å². The Labute approximate surface area is 189 Å². The minimum atomic E-state index is -0.836. The lowest BCUT2D eigenvalue weighted by atomic mass is 9.90. The zero-order chi connectivity index (χ0) is 21.5. The monoisotopic (exact) mass is 460 g/mol. The quantitative estimate of drug-likeness (QED) is 0.519. The maximum Gasteiger partial charge on any atom is 0.305 e. The number of carbonyl (C=O) groups is 1. The predicted octanol–water partition coefficient (Wildman–Crippen LogP) is 4.58. The maximum absolute atomic E-state index is 10.7. The van der Waals surface area contributed by atoms with Crippen LogP contribution in [-0.2, 0) is 9.53 Å². The predicted molar refractivity (Wildman–Crippen MR) is 119 cm³/mol. The first-order chi connectivity index (χ1) is 15.0. The molecule has 5 rings (SSSR count). The number of imidazole rings is 1. The normalized spacial score (nSPS) is 22.5. The third kappa shape index (κ3) is 3.75. The van der Waals surface area contributed by atoms with E-state index in [9.17, 15) is 4.79 Å². The highest BCUT2D eigenvalue weighted by molar-refractivity contribution is 6.45. The van der Waals surface area contributed by atoms with Crippen molar-refractivity contribution in [2.45, 2.75) is 37.8 Å². The van der Waals surface area contributed by atoms with E-state index in [4.69, 9.17) is 38.0 Å². The van der Waals surface area contributed by atoms with Gasteiger partial charge in [0.2, 0.25) is 0 Å². The molecule has 0 aliphatic carbocycles. The fraction of sp³-hybridized carbons (Fsp3) is 0.409. The van der Waals surface area contributed by atoms with Crippen molar-refractivity contribution in [2.75, 3.05) is 18.1 Å². The fourth-order valence-corrected chi connectivity index (χ4v) is 5.35. The van der Waals surface area contributed by atoms with E-state index in [0.29, 0.717) is 40.2 Å². The molecular formula is C22H22Cl2N4O3. The van der Waals surface area contributed by atoms with Crippen LogP contribution in [0.2, 0.25) is 10.0 Å². The molecule has 2 aromatic heterocycles. The van der Waals surface area contributed by atoms with Crippen LogP contribution in [0.5, 0.6) is 0 Å². The average molecular weight is 461 g/mol. The van der Waals surface area contributed by atoms with Crippen LogP contribution in [0.25, 0.3) is 16.6 Å². The molecule has 3 aromatic rings. The molecule has 0 amide bonds. The molecule has 0 radical (unpaired) electrons. The number of aliphatic carboxylic acids is 1. The van der Waals surface area contributed by atoms with Crippen molar-refractivity contribution in [3.05, 3.63) is 47.0 Å². The molecule has 3 unspecified atom stereocenters. The van der Waals surface area contributed by atoms with Crippen LogP contribution in [0.3, 0.4) is 0 Å². The van der Waals surface area contributed by atoms with Crippen LogP contribution >= 0.6 is 23.2 Å². The van der Waals surface area contributed by atoms with Gasteiger partial charge in [-0.15, -0.1) is 0 Å². The molecule has 7 nitrogen and oxygen atoms in total. The second kappa shape index (κ2) is 8.30. The average Bonchev–Trinajstić information content (AvgIpc) is 3.49. The molecule has 31 heavy (non-hydrogen) atoms. The van der Waals surface area contributed by atoms with E-state index in [1.54, 1.807) is 18.6 Å². The van der Waals surface area contributed by atoms with Crippen LogP contribution in [0, 0.1) is 5.92 Å². The largest absolute Gasteiger partial charge is 0.481 e. The van der Waals surface area contributed by atoms with Crippen molar-refractivity contribution in [2.24, 2.45) is 5.92 Å². The molecule has 0 saturated carbocycles. The van der Waals surface area contributed by atoms with E-state index in [-0.39, 0.29) is 13.0 Å². The topological polar surface area (TPSA) is 80.5 Å². The second-order valence-corrected chi connectivity index (χ2v) is 8.93. The Bertz CT molecular complexity index is 1120. The van der Waals surface area contributed by atoms with Gasteiger partial charge in [-0.25, -0.2) is 9.97 Å². The molecule has 2 aliphatic heterocycles. The minimum absolute atomic E-state index is 0.0320. The van der Waals surface area contributed by atoms with Gasteiger partial charge in [-0.2, -0.15) is 0 Å². The molecule has 1 N–H and O–H groups in total. The first-order valence-electron chi connectivity index (χ1n) is 10.4. The van der Waals surface area contributed by atoms with Crippen LogP contribution < -0.4 is 4.90 Å². The van der Waals surface area contributed by atoms with Crippen molar-refractivity contribution >= 4 is 45.9 Å². The number of anilines is 1. The van der Waals surface area contributed by atoms with Gasteiger partial charge in [0.05, 0.1) is 47.2 Å². The van der Waals surface area contributed by atoms with E-state index in [1.165, 1.54) is 0 Å². The molecule has 2 fully saturated rings. The highest BCUT2D eigenvalue weighted by Crippen LogP contribution is 2.45. The van der Waals surface area contributed by atoms with E-state index in [1.807, 2.05) is 16.8 Å². The molecule has 3 atom stereocenters. The summed E-state index contributed by atoms with van der Waals surface area (Å²) in [6.07, 6.45) is 8.64. The summed E-state index contributed by atoms with van der Waals surface area (Å²) < 4.78 is 7.63. The van der Waals surface area contributed by atoms with Crippen molar-refractivity contribution in [1.29, 1.82) is 0 Å². The number of halogens is 2. The number of carboxylic acids is 1. The molecule has 2 aliphatic rings. The summed E-state index contributed by atoms with van der Waals surface area (Å²) in [5, 5.41) is 10.6. The number of aromatic nitrogens is 3. The number of fused-ring (bicyclic) bond motifs is 3. The summed E-state index contributed by atoms with van der Waals surface area (Å²) in [7, 11) is 0. The highest BCUT2D eigenvalue weighted by Gasteiger charge is 2.47. The van der Waals surface area contributed by atoms with Crippen molar-refractivity contribution < 1.29 is 14.6 Å². The van der Waals surface area contributed by atoms with Gasteiger partial charge < -0.3 is 19.3 Å². The molecule has 2 bridgehead atoms. The van der Waals surface area contributed by atoms with Gasteiger partial charge in [-0.3, -0.25) is 4.79 Å². The number of ether oxygens (including phenoxy) is 1. The van der Waals surface area contributed by atoms with Crippen molar-refractivity contribution in [1.82, 2.24) is 14.5 Å². The lowest BCUT2D eigenvalue weighted by molar-refractivity contribution is -0.138. The van der Waals surface area contributed by atoms with E-state index >= 15 is 0 Å². The van der Waals surface area contributed by atoms with Crippen LogP contribution in [-0.4, -0.2) is 50.9 Å². The number of nitrogens with zero attached hydrogens (tertiary/aromatic N) is 4. The Balaban J connectivity index is 1.49. The third-order valence-electron chi connectivity index (χ3n) is 6.34. The Morgan fingerprint density at radius 2 is 2.16 bits per heavy atom. The standard InChI is InChI=1S/C22H22Cl2N4O3/c23-16-3-2-15-18(27-7-6-25-12-27)10-19(26-22(15)21(16)24)28-14-1-4-17(28)13(9-14)11-31-8-5-20(29)30/h2-3,6-7,10,12-14,17H,1,4-5,8-9,11H2,(H,29,30). The number of rotatable bonds is 7. The van der Waals surface area contributed by atoms with Crippen molar-refractivity contribution in [3.8, 4) is 5.69 Å². The molecular weight excluding hydrogens is 439 g/mol. The van der Waals surface area contributed by atoms with E-state index < -0.39 is 5.97 Å². The molecule has 0 spiro atoms. The number of hydrogen-bond donors (Lipinski definition) is 1. The molecule has 4 heterocycles. The maximum atomic E-state index is 10.7. The fourth-order valence-electron chi connectivity index (χ4n) is 4.99. The van der Waals surface area contributed by atoms with Gasteiger partial charge in [0.1, 0.15) is 5.82 Å². The Morgan fingerprint density at radius 3 is 2.94 bits per heavy atom. The van der Waals surface area contributed by atoms with Gasteiger partial charge in [0.25, 0.3) is 0 Å². The van der Waals surface area contributed by atoms with Crippen LogP contribution in [0.1, 0.15) is 25.7 Å². The number of benzene rings is 1. The van der Waals surface area contributed by atoms with Gasteiger partial charge in [0.15, 0.2) is 0 Å². The summed E-state index contributed by atoms with van der Waals surface area (Å²) >= 11 is 12.9. The first-order valence-corrected chi connectivity index (χ1v) is 11.1. The number of carboxylic acid groups (broad SMARTS) is 1. The van der Waals surface area contributed by atoms with Crippen LogP contribution in [0.4, 0.5) is 5.82 Å². The third-order valence-corrected chi connectivity index (χ3v) is 7.14. The van der Waals surface area contributed by atoms with Crippen molar-refractivity contribution in [3.63, 3.8) is 0 Å². The van der Waals surface area contributed by atoms with Crippen LogP contribution in [0.15, 0.2) is 36.9 Å². The number of hydrogen-bond acceptors (Lipinski definition) is 5. The molecule has 1 aromatic carbocycles. The zero-order valence-electron chi connectivity index (χ0n) is 16.7. The van der Waals surface area contributed by atoms with Gasteiger partial charge in [0, 0.05) is 41.8 Å². The smallest absolute Gasteiger partial charge is 0.305 e. The molecule has 162 valence electrons. The first kappa shape index (κ1) is 20.5. The Morgan fingerprint density at radius 1 is 1.29 bits per heavy atom. The van der Waals surface area contributed by atoms with Gasteiger partial charge in [-0.1, -0.05) is 23.2 Å². The lowest BCUT2D eigenvalue weighted by Crippen LogP contribution is -2.32. The molecule has 9 heteroatoms. The summed E-state index contributed by atoms with van der Waals surface area (Å²) in [5.41, 5.74) is 1.63. The Kier molecular flexibility index (Phi) is 5.50. The van der Waals surface area contributed by atoms with Gasteiger partial charge in [-0.05, 0) is 31.4 Å². The lowest BCUT2D eigenvalue weighted by Gasteiger charge is -2.26. The van der Waals surface area contributed by atoms with E-state index in [2.05, 4.69) is 16.0 Å². The summed E-state index contributed by atoms with van der Waals surface area (Å²) in [5.74, 6) is 0.398. The number of pyridine rings is 1. The Hall–Kier alpha value is -2.35. The molecule has 2 saturated heterocycles. The summed E-state index contributed by atoms with van der Waals surface area (Å²) in [4.78, 5) is 22.2. The summed E-state index contributed by atoms with van der Waals surface area (Å²) in [6, 6.07) is 6.52.